The predicted octanol–water partition coefficient (Wildman–Crippen LogP) is 2.78. The smallest absolute Gasteiger partial charge is 0.335 e. The standard InChI is InChI=1S/C19H21N3O2/c23-18(24)16-7-9-17(10-8-16)22-14-4-12-20-19(22)21-13-11-15-5-2-1-3-6-15/h1-3,5-10H,4,11-14H2,(H,20,21)(H,23,24). The lowest BCUT2D eigenvalue weighted by Crippen LogP contribution is -2.45. The Morgan fingerprint density at radius 3 is 2.58 bits per heavy atom. The molecule has 0 radical (unpaired) electrons. The predicted molar refractivity (Wildman–Crippen MR) is 95.8 cm³/mol. The monoisotopic (exact) mass is 323 g/mol. The van der Waals surface area contributed by atoms with E-state index in [-0.39, 0.29) is 0 Å². The van der Waals surface area contributed by atoms with E-state index in [0.29, 0.717) is 5.56 Å². The van der Waals surface area contributed by atoms with Gasteiger partial charge < -0.3 is 15.3 Å². The summed E-state index contributed by atoms with van der Waals surface area (Å²) < 4.78 is 0. The number of hydrogen-bond donors (Lipinski definition) is 2. The molecule has 5 nitrogen and oxygen atoms in total. The first-order valence-electron chi connectivity index (χ1n) is 8.17. The first-order valence-corrected chi connectivity index (χ1v) is 8.17. The van der Waals surface area contributed by atoms with Crippen molar-refractivity contribution in [3.8, 4) is 0 Å². The summed E-state index contributed by atoms with van der Waals surface area (Å²) in [5.41, 5.74) is 2.55. The van der Waals surface area contributed by atoms with Crippen molar-refractivity contribution in [3.05, 3.63) is 65.7 Å². The molecule has 5 heteroatoms. The summed E-state index contributed by atoms with van der Waals surface area (Å²) in [6, 6.07) is 17.3. The maximum atomic E-state index is 11.0. The van der Waals surface area contributed by atoms with Gasteiger partial charge in [0.05, 0.1) is 5.56 Å². The zero-order valence-electron chi connectivity index (χ0n) is 13.5. The molecular weight excluding hydrogens is 302 g/mol. The van der Waals surface area contributed by atoms with Gasteiger partial charge in [0.1, 0.15) is 0 Å². The number of hydrogen-bond acceptors (Lipinski definition) is 4. The maximum Gasteiger partial charge on any atom is 0.335 e. The second-order valence-electron chi connectivity index (χ2n) is 5.72. The van der Waals surface area contributed by atoms with Crippen molar-refractivity contribution >= 4 is 17.6 Å². The summed E-state index contributed by atoms with van der Waals surface area (Å²) in [6.07, 6.45) is 1.93. The highest BCUT2D eigenvalue weighted by Gasteiger charge is 2.17. The summed E-state index contributed by atoms with van der Waals surface area (Å²) in [6.45, 7) is 2.51. The average Bonchev–Trinajstić information content (AvgIpc) is 2.63. The molecule has 1 aliphatic heterocycles. The normalized spacial score (nSPS) is 14.2. The van der Waals surface area contributed by atoms with E-state index < -0.39 is 5.97 Å². The number of aromatic carboxylic acids is 1. The third kappa shape index (κ3) is 3.93. The highest BCUT2D eigenvalue weighted by atomic mass is 16.4. The summed E-state index contributed by atoms with van der Waals surface area (Å²) in [5.74, 6) is -0.0460. The van der Waals surface area contributed by atoms with E-state index in [2.05, 4.69) is 27.3 Å². The fourth-order valence-corrected chi connectivity index (χ4v) is 2.76. The van der Waals surface area contributed by atoms with Crippen LogP contribution < -0.4 is 10.2 Å². The van der Waals surface area contributed by atoms with Crippen molar-refractivity contribution < 1.29 is 9.90 Å². The molecule has 0 aromatic heterocycles. The van der Waals surface area contributed by atoms with Crippen molar-refractivity contribution in [2.24, 2.45) is 4.99 Å². The Morgan fingerprint density at radius 1 is 1.12 bits per heavy atom. The number of carboxylic acid groups (broad SMARTS) is 1. The number of nitrogens with zero attached hydrogens (tertiary/aromatic N) is 2. The molecule has 0 aliphatic carbocycles. The van der Waals surface area contributed by atoms with Gasteiger partial charge in [0.25, 0.3) is 0 Å². The van der Waals surface area contributed by atoms with Gasteiger partial charge in [-0.15, -0.1) is 0 Å². The van der Waals surface area contributed by atoms with Gasteiger partial charge in [-0.2, -0.15) is 0 Å². The Bertz CT molecular complexity index is 711. The molecule has 2 aromatic rings. The number of anilines is 1. The lowest BCUT2D eigenvalue weighted by Gasteiger charge is -2.30. The van der Waals surface area contributed by atoms with Gasteiger partial charge in [-0.05, 0) is 42.7 Å². The van der Waals surface area contributed by atoms with E-state index in [1.165, 1.54) is 5.56 Å². The second-order valence-corrected chi connectivity index (χ2v) is 5.72. The largest absolute Gasteiger partial charge is 0.478 e. The molecule has 124 valence electrons. The number of carboxylic acids is 1. The van der Waals surface area contributed by atoms with Crippen LogP contribution in [0.1, 0.15) is 22.3 Å². The quantitative estimate of drug-likeness (QED) is 0.888. The van der Waals surface area contributed by atoms with Crippen LogP contribution in [0.2, 0.25) is 0 Å². The lowest BCUT2D eigenvalue weighted by atomic mass is 10.1. The molecule has 2 N–H and O–H groups in total. The molecule has 0 spiro atoms. The van der Waals surface area contributed by atoms with Crippen LogP contribution in [0.15, 0.2) is 59.6 Å². The van der Waals surface area contributed by atoms with Crippen LogP contribution in [0.4, 0.5) is 5.69 Å². The Hall–Kier alpha value is -2.82. The van der Waals surface area contributed by atoms with E-state index in [9.17, 15) is 4.79 Å². The Balaban J connectivity index is 1.64. The van der Waals surface area contributed by atoms with Gasteiger partial charge in [-0.1, -0.05) is 30.3 Å². The molecular formula is C19H21N3O2. The van der Waals surface area contributed by atoms with E-state index in [1.54, 1.807) is 12.1 Å². The minimum Gasteiger partial charge on any atom is -0.478 e. The molecule has 0 saturated carbocycles. The van der Waals surface area contributed by atoms with E-state index in [4.69, 9.17) is 5.11 Å². The van der Waals surface area contributed by atoms with Crippen LogP contribution in [0.5, 0.6) is 0 Å². The molecule has 2 aromatic carbocycles. The summed E-state index contributed by atoms with van der Waals surface area (Å²) >= 11 is 0. The zero-order valence-corrected chi connectivity index (χ0v) is 13.5. The number of carbonyl (C=O) groups is 1. The number of nitrogens with one attached hydrogen (secondary N) is 1. The number of guanidine groups is 1. The van der Waals surface area contributed by atoms with Crippen molar-refractivity contribution in [2.45, 2.75) is 12.8 Å². The molecule has 0 atom stereocenters. The van der Waals surface area contributed by atoms with Crippen LogP contribution in [0, 0.1) is 0 Å². The Kier molecular flexibility index (Phi) is 5.11. The molecule has 3 rings (SSSR count). The molecule has 24 heavy (non-hydrogen) atoms. The van der Waals surface area contributed by atoms with Crippen LogP contribution in [-0.4, -0.2) is 36.7 Å². The number of rotatable bonds is 5. The molecule has 1 aliphatic rings. The van der Waals surface area contributed by atoms with Crippen LogP contribution in [-0.2, 0) is 6.42 Å². The van der Waals surface area contributed by atoms with Crippen molar-refractivity contribution in [2.75, 3.05) is 24.5 Å². The van der Waals surface area contributed by atoms with Gasteiger partial charge in [0.15, 0.2) is 5.96 Å². The van der Waals surface area contributed by atoms with Crippen LogP contribution >= 0.6 is 0 Å². The van der Waals surface area contributed by atoms with Crippen LogP contribution in [0.3, 0.4) is 0 Å². The fourth-order valence-electron chi connectivity index (χ4n) is 2.76. The number of aliphatic imine (C=N–C) groups is 1. The van der Waals surface area contributed by atoms with Gasteiger partial charge in [0.2, 0.25) is 0 Å². The van der Waals surface area contributed by atoms with E-state index in [0.717, 1.165) is 44.1 Å². The van der Waals surface area contributed by atoms with Gasteiger partial charge in [0, 0.05) is 25.3 Å². The van der Waals surface area contributed by atoms with Gasteiger partial charge >= 0.3 is 5.97 Å². The molecule has 0 bridgehead atoms. The Labute approximate surface area is 141 Å². The highest BCUT2D eigenvalue weighted by molar-refractivity contribution is 5.97. The third-order valence-electron chi connectivity index (χ3n) is 4.02. The Morgan fingerprint density at radius 2 is 1.88 bits per heavy atom. The van der Waals surface area contributed by atoms with Gasteiger partial charge in [-0.3, -0.25) is 4.99 Å². The molecule has 0 unspecified atom stereocenters. The van der Waals surface area contributed by atoms with Crippen molar-refractivity contribution in [1.82, 2.24) is 5.32 Å². The topological polar surface area (TPSA) is 64.9 Å². The summed E-state index contributed by atoms with van der Waals surface area (Å²) in [5, 5.41) is 12.4. The first kappa shape index (κ1) is 16.1. The number of benzene rings is 2. The SMILES string of the molecule is O=C(O)c1ccc(N2CCCN=C2NCCc2ccccc2)cc1. The molecule has 1 heterocycles. The minimum absolute atomic E-state index is 0.297. The zero-order chi connectivity index (χ0) is 16.8. The average molecular weight is 323 g/mol. The maximum absolute atomic E-state index is 11.0. The summed E-state index contributed by atoms with van der Waals surface area (Å²) in [7, 11) is 0. The fraction of sp³-hybridized carbons (Fsp3) is 0.263. The highest BCUT2D eigenvalue weighted by Crippen LogP contribution is 2.18. The van der Waals surface area contributed by atoms with Gasteiger partial charge in [-0.25, -0.2) is 4.79 Å². The van der Waals surface area contributed by atoms with Crippen molar-refractivity contribution in [3.63, 3.8) is 0 Å². The molecule has 0 amide bonds. The summed E-state index contributed by atoms with van der Waals surface area (Å²) in [4.78, 5) is 17.7. The lowest BCUT2D eigenvalue weighted by molar-refractivity contribution is 0.0697. The molecule has 0 saturated heterocycles. The van der Waals surface area contributed by atoms with E-state index in [1.807, 2.05) is 30.3 Å². The molecule has 0 fully saturated rings. The van der Waals surface area contributed by atoms with E-state index >= 15 is 0 Å². The third-order valence-corrected chi connectivity index (χ3v) is 4.02. The van der Waals surface area contributed by atoms with Crippen LogP contribution in [0.25, 0.3) is 0 Å². The second kappa shape index (κ2) is 7.64. The van der Waals surface area contributed by atoms with Crippen molar-refractivity contribution in [1.29, 1.82) is 0 Å². The first-order chi connectivity index (χ1) is 11.7. The minimum atomic E-state index is -0.907.